The molecule has 0 aromatic carbocycles. The molecule has 0 unspecified atom stereocenters. The van der Waals surface area contributed by atoms with Gasteiger partial charge in [0.15, 0.2) is 10.8 Å². The van der Waals surface area contributed by atoms with Gasteiger partial charge in [-0.3, -0.25) is 4.40 Å². The van der Waals surface area contributed by atoms with Crippen LogP contribution >= 0.6 is 11.3 Å². The van der Waals surface area contributed by atoms with Gasteiger partial charge in [0.05, 0.1) is 5.69 Å². The monoisotopic (exact) mass is 278 g/mol. The van der Waals surface area contributed by atoms with Gasteiger partial charge in [0.25, 0.3) is 0 Å². The summed E-state index contributed by atoms with van der Waals surface area (Å²) in [5.74, 6) is 1.18. The normalized spacial score (nSPS) is 18.6. The van der Waals surface area contributed by atoms with Crippen molar-refractivity contribution in [2.45, 2.75) is 45.7 Å². The van der Waals surface area contributed by atoms with Crippen LogP contribution in [0.1, 0.15) is 39.3 Å². The number of fused-ring (bicyclic) bond motifs is 1. The average Bonchev–Trinajstić information content (AvgIpc) is 3.00. The van der Waals surface area contributed by atoms with Gasteiger partial charge in [-0.1, -0.05) is 6.92 Å². The summed E-state index contributed by atoms with van der Waals surface area (Å²) < 4.78 is 2.23. The van der Waals surface area contributed by atoms with E-state index >= 15 is 0 Å². The zero-order chi connectivity index (χ0) is 13.5. The summed E-state index contributed by atoms with van der Waals surface area (Å²) in [5.41, 5.74) is 1.53. The maximum Gasteiger partial charge on any atom is 0.195 e. The molecule has 0 amide bonds. The lowest BCUT2D eigenvalue weighted by Gasteiger charge is -2.32. The van der Waals surface area contributed by atoms with Gasteiger partial charge in [-0.05, 0) is 33.2 Å². The van der Waals surface area contributed by atoms with Gasteiger partial charge >= 0.3 is 0 Å². The first-order chi connectivity index (χ1) is 9.13. The maximum atomic E-state index is 4.87. The summed E-state index contributed by atoms with van der Waals surface area (Å²) in [6.07, 6.45) is 4.64. The van der Waals surface area contributed by atoms with Crippen LogP contribution in [0.15, 0.2) is 11.6 Å². The number of aromatic nitrogens is 2. The Balaban J connectivity index is 2.04. The standard InChI is InChI=1S/C14H22N4S/c1-4-15-10-11-12(16-13-17(11)8-9-19-13)18-7-5-6-14(18,2)3/h8-9,15H,4-7,10H2,1-3H3. The van der Waals surface area contributed by atoms with E-state index < -0.39 is 0 Å². The number of imidazole rings is 1. The van der Waals surface area contributed by atoms with E-state index in [0.717, 1.165) is 24.6 Å². The first-order valence-electron chi connectivity index (χ1n) is 7.06. The third kappa shape index (κ3) is 2.15. The van der Waals surface area contributed by atoms with Gasteiger partial charge in [-0.2, -0.15) is 0 Å². The van der Waals surface area contributed by atoms with E-state index in [9.17, 15) is 0 Å². The molecule has 1 fully saturated rings. The minimum atomic E-state index is 0.227. The van der Waals surface area contributed by atoms with Crippen LogP contribution in [-0.4, -0.2) is 28.0 Å². The molecular formula is C14H22N4S. The fourth-order valence-corrected chi connectivity index (χ4v) is 3.67. The highest BCUT2D eigenvalue weighted by atomic mass is 32.1. The van der Waals surface area contributed by atoms with Crippen molar-refractivity contribution in [1.82, 2.24) is 14.7 Å². The molecule has 2 aromatic heterocycles. The van der Waals surface area contributed by atoms with E-state index in [1.807, 2.05) is 0 Å². The van der Waals surface area contributed by atoms with Crippen LogP contribution < -0.4 is 10.2 Å². The lowest BCUT2D eigenvalue weighted by atomic mass is 10.0. The van der Waals surface area contributed by atoms with Crippen molar-refractivity contribution in [3.63, 3.8) is 0 Å². The minimum absolute atomic E-state index is 0.227. The molecule has 2 aromatic rings. The highest BCUT2D eigenvalue weighted by Gasteiger charge is 2.35. The number of anilines is 1. The molecule has 5 heteroatoms. The van der Waals surface area contributed by atoms with Crippen molar-refractivity contribution in [1.29, 1.82) is 0 Å². The molecule has 3 rings (SSSR count). The van der Waals surface area contributed by atoms with Crippen LogP contribution in [0.3, 0.4) is 0 Å². The maximum absolute atomic E-state index is 4.87. The molecule has 1 aliphatic heterocycles. The first kappa shape index (κ1) is 12.9. The number of hydrogen-bond donors (Lipinski definition) is 1. The summed E-state index contributed by atoms with van der Waals surface area (Å²) >= 11 is 1.71. The largest absolute Gasteiger partial charge is 0.350 e. The second-order valence-electron chi connectivity index (χ2n) is 5.79. The number of rotatable bonds is 4. The Morgan fingerprint density at radius 3 is 3.00 bits per heavy atom. The lowest BCUT2D eigenvalue weighted by Crippen LogP contribution is -2.39. The highest BCUT2D eigenvalue weighted by molar-refractivity contribution is 7.15. The first-order valence-corrected chi connectivity index (χ1v) is 7.94. The number of thiazole rings is 1. The molecule has 0 saturated carbocycles. The van der Waals surface area contributed by atoms with Gasteiger partial charge < -0.3 is 10.2 Å². The zero-order valence-corrected chi connectivity index (χ0v) is 12.8. The Hall–Kier alpha value is -1.07. The summed E-state index contributed by atoms with van der Waals surface area (Å²) in [4.78, 5) is 8.46. The second kappa shape index (κ2) is 4.80. The molecule has 0 aliphatic carbocycles. The van der Waals surface area contributed by atoms with Crippen LogP contribution in [0.5, 0.6) is 0 Å². The Bertz CT molecular complexity index is 569. The number of nitrogens with one attached hydrogen (secondary N) is 1. The van der Waals surface area contributed by atoms with Crippen molar-refractivity contribution in [2.75, 3.05) is 18.0 Å². The Morgan fingerprint density at radius 2 is 2.32 bits per heavy atom. The molecular weight excluding hydrogens is 256 g/mol. The van der Waals surface area contributed by atoms with Gasteiger partial charge in [-0.25, -0.2) is 4.98 Å². The molecule has 3 heterocycles. The van der Waals surface area contributed by atoms with Crippen molar-refractivity contribution in [3.8, 4) is 0 Å². The predicted octanol–water partition coefficient (Wildman–Crippen LogP) is 2.88. The molecule has 0 spiro atoms. The van der Waals surface area contributed by atoms with Crippen molar-refractivity contribution in [3.05, 3.63) is 17.3 Å². The van der Waals surface area contributed by atoms with Crippen molar-refractivity contribution in [2.24, 2.45) is 0 Å². The van der Waals surface area contributed by atoms with E-state index in [0.29, 0.717) is 0 Å². The van der Waals surface area contributed by atoms with Gasteiger partial charge in [0.1, 0.15) is 0 Å². The third-order valence-corrected chi connectivity index (χ3v) is 4.80. The van der Waals surface area contributed by atoms with Crippen LogP contribution in [0.4, 0.5) is 5.82 Å². The van der Waals surface area contributed by atoms with E-state index in [-0.39, 0.29) is 5.54 Å². The van der Waals surface area contributed by atoms with Crippen LogP contribution in [0.2, 0.25) is 0 Å². The molecule has 1 N–H and O–H groups in total. The minimum Gasteiger partial charge on any atom is -0.350 e. The molecule has 1 saturated heterocycles. The van der Waals surface area contributed by atoms with Crippen LogP contribution in [0.25, 0.3) is 4.96 Å². The van der Waals surface area contributed by atoms with E-state index in [1.54, 1.807) is 11.3 Å². The smallest absolute Gasteiger partial charge is 0.195 e. The molecule has 4 nitrogen and oxygen atoms in total. The zero-order valence-electron chi connectivity index (χ0n) is 11.9. The average molecular weight is 278 g/mol. The quantitative estimate of drug-likeness (QED) is 0.933. The van der Waals surface area contributed by atoms with E-state index in [2.05, 4.69) is 47.0 Å². The number of nitrogens with zero attached hydrogens (tertiary/aromatic N) is 3. The summed E-state index contributed by atoms with van der Waals surface area (Å²) in [7, 11) is 0. The fraction of sp³-hybridized carbons (Fsp3) is 0.643. The van der Waals surface area contributed by atoms with Crippen molar-refractivity contribution >= 4 is 22.1 Å². The van der Waals surface area contributed by atoms with E-state index in [1.165, 1.54) is 24.4 Å². The third-order valence-electron chi connectivity index (χ3n) is 4.04. The Morgan fingerprint density at radius 1 is 1.47 bits per heavy atom. The highest BCUT2D eigenvalue weighted by Crippen LogP contribution is 2.36. The topological polar surface area (TPSA) is 32.6 Å². The molecule has 0 radical (unpaired) electrons. The van der Waals surface area contributed by atoms with Gasteiger partial charge in [-0.15, -0.1) is 11.3 Å². The predicted molar refractivity (Wildman–Crippen MR) is 81.1 cm³/mol. The van der Waals surface area contributed by atoms with Gasteiger partial charge in [0.2, 0.25) is 0 Å². The molecule has 104 valence electrons. The molecule has 0 atom stereocenters. The second-order valence-corrected chi connectivity index (χ2v) is 6.66. The lowest BCUT2D eigenvalue weighted by molar-refractivity contribution is 0.512. The summed E-state index contributed by atoms with van der Waals surface area (Å²) in [6.45, 7) is 9.79. The van der Waals surface area contributed by atoms with Gasteiger partial charge in [0, 0.05) is 30.2 Å². The molecule has 1 aliphatic rings. The molecule has 19 heavy (non-hydrogen) atoms. The van der Waals surface area contributed by atoms with E-state index in [4.69, 9.17) is 4.98 Å². The fourth-order valence-electron chi connectivity index (χ4n) is 2.94. The van der Waals surface area contributed by atoms with Crippen LogP contribution in [-0.2, 0) is 6.54 Å². The van der Waals surface area contributed by atoms with Crippen LogP contribution in [0, 0.1) is 0 Å². The Labute approximate surface area is 118 Å². The number of hydrogen-bond acceptors (Lipinski definition) is 4. The Kier molecular flexibility index (Phi) is 3.27. The SMILES string of the molecule is CCNCc1c(N2CCCC2(C)C)nc2sccn12. The van der Waals surface area contributed by atoms with Crippen molar-refractivity contribution < 1.29 is 0 Å². The summed E-state index contributed by atoms with van der Waals surface area (Å²) in [6, 6.07) is 0. The summed E-state index contributed by atoms with van der Waals surface area (Å²) in [5, 5.41) is 5.55. The molecule has 0 bridgehead atoms.